The molecule has 0 unspecified atom stereocenters. The third kappa shape index (κ3) is 2.46. The van der Waals surface area contributed by atoms with Crippen molar-refractivity contribution in [2.75, 3.05) is 6.54 Å². The molecule has 0 aliphatic heterocycles. The first-order valence-corrected chi connectivity index (χ1v) is 5.17. The summed E-state index contributed by atoms with van der Waals surface area (Å²) in [6.07, 6.45) is 4.06. The molecule has 2 rings (SSSR count). The minimum atomic E-state index is 0. The van der Waals surface area contributed by atoms with Crippen molar-refractivity contribution < 1.29 is 0 Å². The fourth-order valence-electron chi connectivity index (χ4n) is 1.88. The van der Waals surface area contributed by atoms with E-state index < -0.39 is 0 Å². The zero-order valence-electron chi connectivity index (χ0n) is 9.44. The van der Waals surface area contributed by atoms with Crippen LogP contribution in [0.25, 0.3) is 10.9 Å². The molecular weight excluding hydrogens is 220 g/mol. The van der Waals surface area contributed by atoms with E-state index in [9.17, 15) is 0 Å². The summed E-state index contributed by atoms with van der Waals surface area (Å²) < 4.78 is 2.17. The van der Waals surface area contributed by atoms with Crippen LogP contribution in [0, 0.1) is 0 Å². The van der Waals surface area contributed by atoms with Gasteiger partial charge in [0.05, 0.1) is 0 Å². The highest BCUT2D eigenvalue weighted by Gasteiger charge is 2.03. The molecule has 0 saturated heterocycles. The van der Waals surface area contributed by atoms with E-state index in [-0.39, 0.29) is 12.4 Å². The molecule has 2 nitrogen and oxygen atoms in total. The van der Waals surface area contributed by atoms with E-state index in [0.29, 0.717) is 0 Å². The topological polar surface area (TPSA) is 17.0 Å². The lowest BCUT2D eigenvalue weighted by Gasteiger charge is -1.99. The Morgan fingerprint density at radius 1 is 1.38 bits per heavy atom. The Morgan fingerprint density at radius 3 is 2.88 bits per heavy atom. The summed E-state index contributed by atoms with van der Waals surface area (Å²) in [5.41, 5.74) is 2.63. The van der Waals surface area contributed by atoms with E-state index in [1.807, 2.05) is 6.08 Å². The van der Waals surface area contributed by atoms with E-state index in [2.05, 4.69) is 54.0 Å². The van der Waals surface area contributed by atoms with Crippen LogP contribution in [0.2, 0.25) is 0 Å². The molecule has 0 radical (unpaired) electrons. The van der Waals surface area contributed by atoms with Crippen molar-refractivity contribution in [2.45, 2.75) is 6.54 Å². The first-order chi connectivity index (χ1) is 7.33. The molecule has 1 aromatic carbocycles. The molecule has 2 aromatic rings. The van der Waals surface area contributed by atoms with Gasteiger partial charge in [-0.25, -0.2) is 0 Å². The Kier molecular flexibility index (Phi) is 4.59. The molecule has 86 valence electrons. The van der Waals surface area contributed by atoms with Crippen LogP contribution in [0.3, 0.4) is 0 Å². The Morgan fingerprint density at radius 2 is 2.12 bits per heavy atom. The molecule has 1 aromatic heterocycles. The summed E-state index contributed by atoms with van der Waals surface area (Å²) in [6.45, 7) is 5.44. The highest BCUT2D eigenvalue weighted by Crippen LogP contribution is 2.19. The zero-order valence-corrected chi connectivity index (χ0v) is 10.3. The minimum absolute atomic E-state index is 0. The SMILES string of the molecule is C=CCNCc1cn(C)c2ccccc12.Cl. The number of aryl methyl sites for hydroxylation is 1. The zero-order chi connectivity index (χ0) is 10.7. The maximum atomic E-state index is 3.69. The van der Waals surface area contributed by atoms with Crippen LogP contribution < -0.4 is 5.32 Å². The predicted molar refractivity (Wildman–Crippen MR) is 72.1 cm³/mol. The van der Waals surface area contributed by atoms with Crippen LogP contribution >= 0.6 is 12.4 Å². The Balaban J connectivity index is 0.00000128. The number of rotatable bonds is 4. The molecule has 1 N–H and O–H groups in total. The minimum Gasteiger partial charge on any atom is -0.350 e. The van der Waals surface area contributed by atoms with Gasteiger partial charge < -0.3 is 9.88 Å². The average molecular weight is 237 g/mol. The van der Waals surface area contributed by atoms with Crippen molar-refractivity contribution in [3.8, 4) is 0 Å². The fourth-order valence-corrected chi connectivity index (χ4v) is 1.88. The third-order valence-corrected chi connectivity index (χ3v) is 2.58. The molecule has 0 spiro atoms. The molecule has 0 aliphatic carbocycles. The van der Waals surface area contributed by atoms with Crippen LogP contribution in [0.5, 0.6) is 0 Å². The fraction of sp³-hybridized carbons (Fsp3) is 0.231. The summed E-state index contributed by atoms with van der Waals surface area (Å²) in [4.78, 5) is 0. The molecule has 0 amide bonds. The molecule has 16 heavy (non-hydrogen) atoms. The van der Waals surface area contributed by atoms with Gasteiger partial charge in [0.2, 0.25) is 0 Å². The summed E-state index contributed by atoms with van der Waals surface area (Å²) in [5, 5.41) is 4.66. The summed E-state index contributed by atoms with van der Waals surface area (Å²) in [7, 11) is 2.08. The molecule has 0 fully saturated rings. The number of hydrogen-bond acceptors (Lipinski definition) is 1. The molecule has 1 heterocycles. The van der Waals surface area contributed by atoms with Crippen LogP contribution in [0.1, 0.15) is 5.56 Å². The van der Waals surface area contributed by atoms with Crippen molar-refractivity contribution in [3.63, 3.8) is 0 Å². The number of aromatic nitrogens is 1. The van der Waals surface area contributed by atoms with Gasteiger partial charge in [0.1, 0.15) is 0 Å². The molecule has 3 heteroatoms. The van der Waals surface area contributed by atoms with E-state index in [1.165, 1.54) is 16.5 Å². The first kappa shape index (κ1) is 12.8. The maximum absolute atomic E-state index is 3.69. The van der Waals surface area contributed by atoms with Gasteiger partial charge in [0, 0.05) is 37.2 Å². The number of nitrogens with one attached hydrogen (secondary N) is 1. The smallest absolute Gasteiger partial charge is 0.0481 e. The average Bonchev–Trinajstić information content (AvgIpc) is 2.58. The number of para-hydroxylation sites is 1. The highest BCUT2D eigenvalue weighted by molar-refractivity contribution is 5.85. The second-order valence-corrected chi connectivity index (χ2v) is 3.70. The van der Waals surface area contributed by atoms with E-state index in [4.69, 9.17) is 0 Å². The van der Waals surface area contributed by atoms with Crippen LogP contribution in [-0.2, 0) is 13.6 Å². The first-order valence-electron chi connectivity index (χ1n) is 5.17. The Labute approximate surface area is 102 Å². The van der Waals surface area contributed by atoms with Gasteiger partial charge in [-0.1, -0.05) is 24.3 Å². The van der Waals surface area contributed by atoms with Gasteiger partial charge in [-0.05, 0) is 11.6 Å². The number of fused-ring (bicyclic) bond motifs is 1. The van der Waals surface area contributed by atoms with Gasteiger partial charge in [0.25, 0.3) is 0 Å². The Bertz CT molecular complexity index is 474. The van der Waals surface area contributed by atoms with Gasteiger partial charge in [0.15, 0.2) is 0 Å². The molecule has 0 bridgehead atoms. The number of hydrogen-bond donors (Lipinski definition) is 1. The number of benzene rings is 1. The summed E-state index contributed by atoms with van der Waals surface area (Å²) in [5.74, 6) is 0. The van der Waals surface area contributed by atoms with Gasteiger partial charge in [-0.2, -0.15) is 0 Å². The second-order valence-electron chi connectivity index (χ2n) is 3.70. The van der Waals surface area contributed by atoms with Crippen molar-refractivity contribution in [1.82, 2.24) is 9.88 Å². The van der Waals surface area contributed by atoms with E-state index >= 15 is 0 Å². The lowest BCUT2D eigenvalue weighted by atomic mass is 10.2. The second kappa shape index (κ2) is 5.73. The van der Waals surface area contributed by atoms with E-state index in [0.717, 1.165) is 13.1 Å². The normalized spacial score (nSPS) is 10.1. The summed E-state index contributed by atoms with van der Waals surface area (Å²) >= 11 is 0. The van der Waals surface area contributed by atoms with Crippen molar-refractivity contribution >= 4 is 23.3 Å². The molecule has 0 saturated carbocycles. The largest absolute Gasteiger partial charge is 0.350 e. The number of nitrogens with zero attached hydrogens (tertiary/aromatic N) is 1. The maximum Gasteiger partial charge on any atom is 0.0481 e. The van der Waals surface area contributed by atoms with Gasteiger partial charge >= 0.3 is 0 Å². The molecule has 0 aliphatic rings. The lowest BCUT2D eigenvalue weighted by Crippen LogP contribution is -2.12. The van der Waals surface area contributed by atoms with Gasteiger partial charge in [-0.3, -0.25) is 0 Å². The van der Waals surface area contributed by atoms with Crippen molar-refractivity contribution in [2.24, 2.45) is 7.05 Å². The van der Waals surface area contributed by atoms with Crippen molar-refractivity contribution in [1.29, 1.82) is 0 Å². The molecule has 0 atom stereocenters. The van der Waals surface area contributed by atoms with E-state index in [1.54, 1.807) is 0 Å². The lowest BCUT2D eigenvalue weighted by molar-refractivity contribution is 0.760. The Hall–Kier alpha value is -1.25. The molecular formula is C13H17ClN2. The van der Waals surface area contributed by atoms with Crippen LogP contribution in [-0.4, -0.2) is 11.1 Å². The highest BCUT2D eigenvalue weighted by atomic mass is 35.5. The van der Waals surface area contributed by atoms with Crippen molar-refractivity contribution in [3.05, 3.63) is 48.7 Å². The van der Waals surface area contributed by atoms with Crippen LogP contribution in [0.15, 0.2) is 43.1 Å². The monoisotopic (exact) mass is 236 g/mol. The van der Waals surface area contributed by atoms with Gasteiger partial charge in [-0.15, -0.1) is 19.0 Å². The van der Waals surface area contributed by atoms with Crippen LogP contribution in [0.4, 0.5) is 0 Å². The predicted octanol–water partition coefficient (Wildman–Crippen LogP) is 2.88. The summed E-state index contributed by atoms with van der Waals surface area (Å²) in [6, 6.07) is 8.47. The standard InChI is InChI=1S/C13H16N2.ClH/c1-3-8-14-9-11-10-15(2)13-7-5-4-6-12(11)13;/h3-7,10,14H,1,8-9H2,2H3;1H. The third-order valence-electron chi connectivity index (χ3n) is 2.58. The number of halogens is 1. The quantitative estimate of drug-likeness (QED) is 0.638.